The highest BCUT2D eigenvalue weighted by atomic mass is 32.2. The van der Waals surface area contributed by atoms with E-state index in [9.17, 15) is 21.6 Å². The van der Waals surface area contributed by atoms with Crippen LogP contribution in [0.15, 0.2) is 0 Å². The minimum absolute atomic E-state index is 0.447. The number of alkyl halides is 3. The zero-order valence-corrected chi connectivity index (χ0v) is 7.58. The largest absolute Gasteiger partial charge is 0.523 e. The van der Waals surface area contributed by atoms with Crippen LogP contribution in [0.4, 0.5) is 13.2 Å². The molecule has 76 valence electrons. The van der Waals surface area contributed by atoms with Crippen LogP contribution in [0.5, 0.6) is 0 Å². The Kier molecular flexibility index (Phi) is 6.31. The number of rotatable bonds is 1. The maximum absolute atomic E-state index is 11.1. The molecule has 0 saturated carbocycles. The molecule has 0 fully saturated rings. The Hall–Kier alpha value is -0.340. The number of hydrogen-bond donors (Lipinski definition) is 1. The summed E-state index contributed by atoms with van der Waals surface area (Å²) < 4.78 is 55.9. The van der Waals surface area contributed by atoms with Gasteiger partial charge in [-0.25, -0.2) is 0 Å². The number of nitrogens with one attached hydrogen (secondary N) is 1. The molecule has 1 N–H and O–H groups in total. The van der Waals surface area contributed by atoms with Gasteiger partial charge in [0.05, 0.1) is 7.11 Å². The second-order valence-corrected chi connectivity index (χ2v) is 3.27. The highest BCUT2D eigenvalue weighted by molar-refractivity contribution is 7.87. The standard InChI is InChI=1S/C2H3F3O3S.C2H7N/c1-8-9(6,7)2(3,4)5;1-3-2/h1H3;3H,1-2H3. The van der Waals surface area contributed by atoms with E-state index < -0.39 is 15.6 Å². The van der Waals surface area contributed by atoms with E-state index in [1.54, 1.807) is 0 Å². The van der Waals surface area contributed by atoms with E-state index in [4.69, 9.17) is 0 Å². The Morgan fingerprint density at radius 1 is 1.25 bits per heavy atom. The van der Waals surface area contributed by atoms with Crippen molar-refractivity contribution in [2.45, 2.75) is 5.51 Å². The summed E-state index contributed by atoms with van der Waals surface area (Å²) >= 11 is 0. The summed E-state index contributed by atoms with van der Waals surface area (Å²) in [5.41, 5.74) is -5.30. The van der Waals surface area contributed by atoms with E-state index in [2.05, 4.69) is 9.50 Å². The fourth-order valence-corrected chi connectivity index (χ4v) is 0.283. The normalized spacial score (nSPS) is 11.8. The van der Waals surface area contributed by atoms with Crippen molar-refractivity contribution in [3.63, 3.8) is 0 Å². The predicted molar refractivity (Wildman–Crippen MR) is 37.0 cm³/mol. The lowest BCUT2D eigenvalue weighted by Crippen LogP contribution is -2.23. The van der Waals surface area contributed by atoms with Gasteiger partial charge in [0.25, 0.3) is 0 Å². The van der Waals surface area contributed by atoms with E-state index in [0.717, 1.165) is 0 Å². The summed E-state index contributed by atoms with van der Waals surface area (Å²) in [6.45, 7) is 0. The van der Waals surface area contributed by atoms with Gasteiger partial charge >= 0.3 is 15.6 Å². The van der Waals surface area contributed by atoms with Crippen molar-refractivity contribution < 1.29 is 25.8 Å². The molecule has 0 rings (SSSR count). The Bertz CT molecular complexity index is 198. The third-order valence-electron chi connectivity index (χ3n) is 0.503. The lowest BCUT2D eigenvalue weighted by molar-refractivity contribution is -0.0526. The van der Waals surface area contributed by atoms with Crippen molar-refractivity contribution in [2.75, 3.05) is 21.2 Å². The van der Waals surface area contributed by atoms with Gasteiger partial charge in [-0.1, -0.05) is 0 Å². The maximum atomic E-state index is 11.1. The third kappa shape index (κ3) is 5.33. The predicted octanol–water partition coefficient (Wildman–Crippen LogP) is 0.318. The van der Waals surface area contributed by atoms with Gasteiger partial charge in [0, 0.05) is 0 Å². The van der Waals surface area contributed by atoms with Gasteiger partial charge in [0.2, 0.25) is 0 Å². The van der Waals surface area contributed by atoms with E-state index in [1.165, 1.54) is 0 Å². The number of halogens is 3. The molecule has 0 atom stereocenters. The molecule has 8 heteroatoms. The summed E-state index contributed by atoms with van der Waals surface area (Å²) in [4.78, 5) is 0. The highest BCUT2D eigenvalue weighted by Crippen LogP contribution is 2.23. The van der Waals surface area contributed by atoms with Gasteiger partial charge < -0.3 is 5.32 Å². The van der Waals surface area contributed by atoms with E-state index in [0.29, 0.717) is 7.11 Å². The average Bonchev–Trinajstić information content (AvgIpc) is 1.87. The van der Waals surface area contributed by atoms with Crippen LogP contribution in [-0.4, -0.2) is 35.1 Å². The molecule has 0 aromatic carbocycles. The summed E-state index contributed by atoms with van der Waals surface area (Å²) in [5, 5.41) is 2.75. The summed E-state index contributed by atoms with van der Waals surface area (Å²) in [7, 11) is -1.14. The van der Waals surface area contributed by atoms with Crippen LogP contribution in [0.2, 0.25) is 0 Å². The molecule has 0 aliphatic rings. The smallest absolute Gasteiger partial charge is 0.323 e. The zero-order chi connectivity index (χ0) is 10.4. The van der Waals surface area contributed by atoms with Crippen LogP contribution in [0.1, 0.15) is 0 Å². The first-order valence-electron chi connectivity index (χ1n) is 2.68. The van der Waals surface area contributed by atoms with E-state index >= 15 is 0 Å². The first-order valence-corrected chi connectivity index (χ1v) is 4.09. The first kappa shape index (κ1) is 14.2. The molecule has 0 aromatic heterocycles. The molecule has 0 aliphatic carbocycles. The molecular weight excluding hydrogens is 199 g/mol. The fraction of sp³-hybridized carbons (Fsp3) is 1.00. The molecule has 0 spiro atoms. The second-order valence-electron chi connectivity index (χ2n) is 1.57. The van der Waals surface area contributed by atoms with Crippen LogP contribution < -0.4 is 5.32 Å². The van der Waals surface area contributed by atoms with Crippen molar-refractivity contribution in [1.82, 2.24) is 5.32 Å². The van der Waals surface area contributed by atoms with Crippen LogP contribution >= 0.6 is 0 Å². The Balaban J connectivity index is 0. The third-order valence-corrected chi connectivity index (χ3v) is 1.51. The van der Waals surface area contributed by atoms with E-state index in [1.807, 2.05) is 14.1 Å². The summed E-state index contributed by atoms with van der Waals surface area (Å²) in [6, 6.07) is 0. The maximum Gasteiger partial charge on any atom is 0.523 e. The Morgan fingerprint density at radius 2 is 1.50 bits per heavy atom. The topological polar surface area (TPSA) is 55.4 Å². The van der Waals surface area contributed by atoms with Crippen molar-refractivity contribution in [3.05, 3.63) is 0 Å². The molecule has 0 amide bonds. The minimum Gasteiger partial charge on any atom is -0.323 e. The van der Waals surface area contributed by atoms with Crippen molar-refractivity contribution in [3.8, 4) is 0 Å². The molecule has 0 aromatic rings. The molecule has 0 heterocycles. The van der Waals surface area contributed by atoms with E-state index in [-0.39, 0.29) is 0 Å². The highest BCUT2D eigenvalue weighted by Gasteiger charge is 2.46. The minimum atomic E-state index is -5.34. The van der Waals surface area contributed by atoms with Crippen molar-refractivity contribution >= 4 is 10.1 Å². The van der Waals surface area contributed by atoms with Crippen molar-refractivity contribution in [1.29, 1.82) is 0 Å². The molecule has 0 saturated heterocycles. The first-order chi connectivity index (χ1) is 5.22. The molecule has 12 heavy (non-hydrogen) atoms. The van der Waals surface area contributed by atoms with Gasteiger partial charge in [-0.3, -0.25) is 4.18 Å². The fourth-order valence-electron chi connectivity index (χ4n) is 0.0945. The molecule has 0 bridgehead atoms. The van der Waals surface area contributed by atoms with Gasteiger partial charge in [-0.2, -0.15) is 21.6 Å². The average molecular weight is 209 g/mol. The summed E-state index contributed by atoms with van der Waals surface area (Å²) in [6.07, 6.45) is 0. The zero-order valence-electron chi connectivity index (χ0n) is 6.77. The van der Waals surface area contributed by atoms with Crippen LogP contribution in [0, 0.1) is 0 Å². The quantitative estimate of drug-likeness (QED) is 0.499. The number of hydrogen-bond acceptors (Lipinski definition) is 4. The SMILES string of the molecule is CNC.COS(=O)(=O)C(F)(F)F. The van der Waals surface area contributed by atoms with Gasteiger partial charge in [0.1, 0.15) is 0 Å². The van der Waals surface area contributed by atoms with Gasteiger partial charge in [-0.05, 0) is 14.1 Å². The Morgan fingerprint density at radius 3 is 1.50 bits per heavy atom. The molecule has 4 nitrogen and oxygen atoms in total. The van der Waals surface area contributed by atoms with Gasteiger partial charge in [0.15, 0.2) is 0 Å². The molecule has 0 aliphatic heterocycles. The summed E-state index contributed by atoms with van der Waals surface area (Å²) in [5.74, 6) is 0. The molecule has 0 unspecified atom stereocenters. The second kappa shape index (κ2) is 5.33. The lowest BCUT2D eigenvalue weighted by atomic mass is 11.3. The van der Waals surface area contributed by atoms with Crippen LogP contribution in [0.3, 0.4) is 0 Å². The Labute approximate surface area is 68.8 Å². The lowest BCUT2D eigenvalue weighted by Gasteiger charge is -2.02. The van der Waals surface area contributed by atoms with Crippen LogP contribution in [-0.2, 0) is 14.3 Å². The van der Waals surface area contributed by atoms with Gasteiger partial charge in [-0.15, -0.1) is 0 Å². The van der Waals surface area contributed by atoms with Crippen molar-refractivity contribution in [2.24, 2.45) is 0 Å². The van der Waals surface area contributed by atoms with Crippen LogP contribution in [0.25, 0.3) is 0 Å². The molecule has 0 radical (unpaired) electrons. The molecular formula is C4H10F3NO3S. The monoisotopic (exact) mass is 209 g/mol.